The summed E-state index contributed by atoms with van der Waals surface area (Å²) in [4.78, 5) is 13.9. The van der Waals surface area contributed by atoms with Crippen LogP contribution in [0.1, 0.15) is 25.3 Å². The number of hydrogen-bond acceptors (Lipinski definition) is 5. The van der Waals surface area contributed by atoms with Crippen LogP contribution in [0, 0.1) is 0 Å². The Labute approximate surface area is 130 Å². The molecule has 0 saturated heterocycles. The average Bonchev–Trinajstić information content (AvgIpc) is 2.67. The first-order valence-electron chi connectivity index (χ1n) is 7.73. The lowest BCUT2D eigenvalue weighted by Gasteiger charge is -2.24. The number of nitrogens with one attached hydrogen (secondary N) is 1. The van der Waals surface area contributed by atoms with Gasteiger partial charge in [-0.05, 0) is 24.6 Å². The molecule has 122 valence electrons. The molecule has 0 bridgehead atoms. The van der Waals surface area contributed by atoms with Gasteiger partial charge >= 0.3 is 0 Å². The first-order valence-corrected chi connectivity index (χ1v) is 7.73. The highest BCUT2D eigenvalue weighted by atomic mass is 16.5. The average molecular weight is 308 g/mol. The van der Waals surface area contributed by atoms with Crippen molar-refractivity contribution in [2.24, 2.45) is 0 Å². The summed E-state index contributed by atoms with van der Waals surface area (Å²) >= 11 is 0. The second-order valence-electron chi connectivity index (χ2n) is 5.34. The quantitative estimate of drug-likeness (QED) is 0.689. The molecule has 0 aliphatic carbocycles. The number of rotatable bonds is 7. The summed E-state index contributed by atoms with van der Waals surface area (Å²) < 4.78 is 5.83. The monoisotopic (exact) mass is 308 g/mol. The molecule has 6 nitrogen and oxygen atoms in total. The SMILES string of the molecule is CCCC1Oc2ccc(N(CCO)CCO)cc2CNC1=O. The van der Waals surface area contributed by atoms with E-state index in [4.69, 9.17) is 14.9 Å². The molecule has 1 unspecified atom stereocenters. The van der Waals surface area contributed by atoms with Crippen LogP contribution in [-0.2, 0) is 11.3 Å². The fraction of sp³-hybridized carbons (Fsp3) is 0.562. The number of ether oxygens (including phenoxy) is 1. The van der Waals surface area contributed by atoms with Crippen molar-refractivity contribution < 1.29 is 19.7 Å². The van der Waals surface area contributed by atoms with E-state index in [-0.39, 0.29) is 19.1 Å². The Morgan fingerprint density at radius 3 is 2.68 bits per heavy atom. The van der Waals surface area contributed by atoms with Crippen LogP contribution in [0.2, 0.25) is 0 Å². The zero-order valence-corrected chi connectivity index (χ0v) is 12.9. The molecule has 1 aliphatic heterocycles. The van der Waals surface area contributed by atoms with Crippen LogP contribution in [-0.4, -0.2) is 48.5 Å². The van der Waals surface area contributed by atoms with E-state index in [9.17, 15) is 4.79 Å². The number of carbonyl (C=O) groups is 1. The number of aliphatic hydroxyl groups is 2. The maximum atomic E-state index is 12.0. The summed E-state index contributed by atoms with van der Waals surface area (Å²) in [5, 5.41) is 21.1. The Balaban J connectivity index is 2.22. The Bertz CT molecular complexity index is 501. The van der Waals surface area contributed by atoms with Crippen LogP contribution < -0.4 is 15.0 Å². The smallest absolute Gasteiger partial charge is 0.261 e. The van der Waals surface area contributed by atoms with E-state index < -0.39 is 6.10 Å². The lowest BCUT2D eigenvalue weighted by Crippen LogP contribution is -2.35. The summed E-state index contributed by atoms with van der Waals surface area (Å²) in [6.45, 7) is 3.38. The molecule has 3 N–H and O–H groups in total. The number of benzene rings is 1. The zero-order chi connectivity index (χ0) is 15.9. The van der Waals surface area contributed by atoms with E-state index >= 15 is 0 Å². The third kappa shape index (κ3) is 3.90. The third-order valence-corrected chi connectivity index (χ3v) is 3.71. The van der Waals surface area contributed by atoms with Gasteiger partial charge in [-0.3, -0.25) is 4.79 Å². The molecule has 0 aromatic heterocycles. The molecule has 0 fully saturated rings. The Kier molecular flexibility index (Phi) is 6.03. The van der Waals surface area contributed by atoms with Gasteiger partial charge in [-0.15, -0.1) is 0 Å². The van der Waals surface area contributed by atoms with E-state index in [0.717, 1.165) is 17.7 Å². The summed E-state index contributed by atoms with van der Waals surface area (Å²) in [7, 11) is 0. The molecule has 1 amide bonds. The lowest BCUT2D eigenvalue weighted by molar-refractivity contribution is -0.127. The number of hydrogen-bond donors (Lipinski definition) is 3. The summed E-state index contributed by atoms with van der Waals surface area (Å²) in [6.07, 6.45) is 1.13. The summed E-state index contributed by atoms with van der Waals surface area (Å²) in [5.41, 5.74) is 1.80. The van der Waals surface area contributed by atoms with Crippen molar-refractivity contribution in [2.45, 2.75) is 32.4 Å². The topological polar surface area (TPSA) is 82.0 Å². The van der Waals surface area contributed by atoms with Crippen LogP contribution >= 0.6 is 0 Å². The van der Waals surface area contributed by atoms with Crippen molar-refractivity contribution in [1.82, 2.24) is 5.32 Å². The van der Waals surface area contributed by atoms with Gasteiger partial charge in [0.15, 0.2) is 6.10 Å². The van der Waals surface area contributed by atoms with Gasteiger partial charge in [-0.25, -0.2) is 0 Å². The number of amides is 1. The van der Waals surface area contributed by atoms with Gasteiger partial charge in [0.2, 0.25) is 0 Å². The number of nitrogens with zero attached hydrogens (tertiary/aromatic N) is 1. The molecule has 2 rings (SSSR count). The molecular weight excluding hydrogens is 284 g/mol. The standard InChI is InChI=1S/C16H24N2O4/c1-2-3-15-16(21)17-11-12-10-13(4-5-14(12)22-15)18(6-8-19)7-9-20/h4-5,10,15,19-20H,2-3,6-9,11H2,1H3,(H,17,21). The molecular formula is C16H24N2O4. The Morgan fingerprint density at radius 2 is 2.05 bits per heavy atom. The van der Waals surface area contributed by atoms with E-state index in [1.165, 1.54) is 0 Å². The fourth-order valence-electron chi connectivity index (χ4n) is 2.58. The Morgan fingerprint density at radius 1 is 1.32 bits per heavy atom. The highest BCUT2D eigenvalue weighted by molar-refractivity contribution is 5.82. The van der Waals surface area contributed by atoms with Crippen LogP contribution in [0.25, 0.3) is 0 Å². The minimum absolute atomic E-state index is 0.0168. The molecule has 1 aliphatic rings. The van der Waals surface area contributed by atoms with Crippen molar-refractivity contribution in [1.29, 1.82) is 0 Å². The van der Waals surface area contributed by atoms with E-state index in [1.54, 1.807) is 0 Å². The molecule has 0 radical (unpaired) electrons. The van der Waals surface area contributed by atoms with Crippen LogP contribution in [0.3, 0.4) is 0 Å². The molecule has 22 heavy (non-hydrogen) atoms. The molecule has 1 aromatic carbocycles. The molecule has 1 heterocycles. The maximum absolute atomic E-state index is 12.0. The van der Waals surface area contributed by atoms with Gasteiger partial charge in [0, 0.05) is 30.9 Å². The van der Waals surface area contributed by atoms with Gasteiger partial charge < -0.3 is 25.2 Å². The maximum Gasteiger partial charge on any atom is 0.261 e. The summed E-state index contributed by atoms with van der Waals surface area (Å²) in [5.74, 6) is 0.635. The molecule has 1 aromatic rings. The highest BCUT2D eigenvalue weighted by Gasteiger charge is 2.24. The van der Waals surface area contributed by atoms with Gasteiger partial charge in [0.25, 0.3) is 5.91 Å². The van der Waals surface area contributed by atoms with Gasteiger partial charge in [0.05, 0.1) is 13.2 Å². The number of anilines is 1. The lowest BCUT2D eigenvalue weighted by atomic mass is 10.1. The molecule has 0 spiro atoms. The fourth-order valence-corrected chi connectivity index (χ4v) is 2.58. The first kappa shape index (κ1) is 16.6. The van der Waals surface area contributed by atoms with Gasteiger partial charge in [0.1, 0.15) is 5.75 Å². The normalized spacial score (nSPS) is 17.2. The van der Waals surface area contributed by atoms with Crippen molar-refractivity contribution in [3.63, 3.8) is 0 Å². The first-order chi connectivity index (χ1) is 10.7. The number of aliphatic hydroxyl groups excluding tert-OH is 2. The molecule has 6 heteroatoms. The van der Waals surface area contributed by atoms with Crippen LogP contribution in [0.5, 0.6) is 5.75 Å². The van der Waals surface area contributed by atoms with Crippen molar-refractivity contribution in [3.05, 3.63) is 23.8 Å². The second kappa shape index (κ2) is 8.00. The third-order valence-electron chi connectivity index (χ3n) is 3.71. The molecule has 1 atom stereocenters. The van der Waals surface area contributed by atoms with Crippen LogP contribution in [0.15, 0.2) is 18.2 Å². The van der Waals surface area contributed by atoms with Crippen LogP contribution in [0.4, 0.5) is 5.69 Å². The van der Waals surface area contributed by atoms with E-state index in [2.05, 4.69) is 5.32 Å². The second-order valence-corrected chi connectivity index (χ2v) is 5.34. The van der Waals surface area contributed by atoms with E-state index in [1.807, 2.05) is 30.0 Å². The van der Waals surface area contributed by atoms with Gasteiger partial charge in [-0.2, -0.15) is 0 Å². The number of carbonyl (C=O) groups excluding carboxylic acids is 1. The minimum Gasteiger partial charge on any atom is -0.480 e. The van der Waals surface area contributed by atoms with Crippen molar-refractivity contribution in [2.75, 3.05) is 31.2 Å². The highest BCUT2D eigenvalue weighted by Crippen LogP contribution is 2.28. The Hall–Kier alpha value is -1.79. The predicted octanol–water partition coefficient (Wildman–Crippen LogP) is 0.655. The summed E-state index contributed by atoms with van der Waals surface area (Å²) in [6, 6.07) is 5.69. The van der Waals surface area contributed by atoms with Crippen molar-refractivity contribution in [3.8, 4) is 5.75 Å². The van der Waals surface area contributed by atoms with E-state index in [0.29, 0.717) is 31.8 Å². The zero-order valence-electron chi connectivity index (χ0n) is 12.9. The van der Waals surface area contributed by atoms with Crippen molar-refractivity contribution >= 4 is 11.6 Å². The number of fused-ring (bicyclic) bond motifs is 1. The van der Waals surface area contributed by atoms with Gasteiger partial charge in [-0.1, -0.05) is 13.3 Å². The predicted molar refractivity (Wildman–Crippen MR) is 84.0 cm³/mol. The minimum atomic E-state index is -0.442. The largest absolute Gasteiger partial charge is 0.480 e. The molecule has 0 saturated carbocycles.